The maximum absolute atomic E-state index is 5.81. The van der Waals surface area contributed by atoms with Gasteiger partial charge in [-0.1, -0.05) is 0 Å². The lowest BCUT2D eigenvalue weighted by Gasteiger charge is -2.29. The van der Waals surface area contributed by atoms with Crippen LogP contribution in [-0.2, 0) is 0 Å². The minimum Gasteiger partial charge on any atom is -0.348 e. The van der Waals surface area contributed by atoms with Gasteiger partial charge in [-0.15, -0.1) is 23.7 Å². The Morgan fingerprint density at radius 2 is 2.15 bits per heavy atom. The van der Waals surface area contributed by atoms with Gasteiger partial charge in [-0.05, 0) is 12.8 Å². The first kappa shape index (κ1) is 10.8. The maximum atomic E-state index is 5.81. The molecule has 1 fully saturated rings. The van der Waals surface area contributed by atoms with Crippen LogP contribution >= 0.6 is 23.7 Å². The Morgan fingerprint density at radius 1 is 1.46 bits per heavy atom. The van der Waals surface area contributed by atoms with E-state index in [1.54, 1.807) is 11.3 Å². The van der Waals surface area contributed by atoms with E-state index in [1.165, 1.54) is 0 Å². The highest BCUT2D eigenvalue weighted by molar-refractivity contribution is 7.13. The van der Waals surface area contributed by atoms with Crippen molar-refractivity contribution in [3.63, 3.8) is 0 Å². The average molecular weight is 220 g/mol. The Bertz CT molecular complexity index is 232. The molecule has 5 heteroatoms. The molecule has 1 aliphatic heterocycles. The van der Waals surface area contributed by atoms with E-state index in [9.17, 15) is 0 Å². The number of halogens is 1. The summed E-state index contributed by atoms with van der Waals surface area (Å²) in [6.07, 6.45) is 4.05. The van der Waals surface area contributed by atoms with E-state index < -0.39 is 0 Å². The molecule has 0 bridgehead atoms. The van der Waals surface area contributed by atoms with Crippen LogP contribution in [0, 0.1) is 0 Å². The summed E-state index contributed by atoms with van der Waals surface area (Å²) in [7, 11) is 0. The summed E-state index contributed by atoms with van der Waals surface area (Å²) in [4.78, 5) is 6.58. The van der Waals surface area contributed by atoms with Crippen LogP contribution in [0.3, 0.4) is 0 Å². The summed E-state index contributed by atoms with van der Waals surface area (Å²) in [6, 6.07) is 0.404. The molecule has 13 heavy (non-hydrogen) atoms. The molecule has 3 nitrogen and oxygen atoms in total. The molecule has 0 saturated carbocycles. The Morgan fingerprint density at radius 3 is 2.69 bits per heavy atom. The summed E-state index contributed by atoms with van der Waals surface area (Å²) in [5.74, 6) is 0. The molecule has 1 saturated heterocycles. The van der Waals surface area contributed by atoms with E-state index in [0.717, 1.165) is 31.1 Å². The van der Waals surface area contributed by atoms with E-state index in [1.807, 2.05) is 11.6 Å². The van der Waals surface area contributed by atoms with Gasteiger partial charge in [-0.3, -0.25) is 0 Å². The third-order valence-electron chi connectivity index (χ3n) is 2.23. The topological polar surface area (TPSA) is 42.1 Å². The minimum absolute atomic E-state index is 0. The van der Waals surface area contributed by atoms with Crippen LogP contribution in [0.1, 0.15) is 12.8 Å². The monoisotopic (exact) mass is 219 g/mol. The Kier molecular flexibility index (Phi) is 3.96. The van der Waals surface area contributed by atoms with Gasteiger partial charge in [0.1, 0.15) is 0 Å². The van der Waals surface area contributed by atoms with Crippen molar-refractivity contribution in [3.05, 3.63) is 11.6 Å². The Balaban J connectivity index is 0.000000845. The molecule has 74 valence electrons. The number of thiazole rings is 1. The first-order chi connectivity index (χ1) is 5.86. The number of hydrogen-bond acceptors (Lipinski definition) is 4. The minimum atomic E-state index is 0. The largest absolute Gasteiger partial charge is 0.348 e. The summed E-state index contributed by atoms with van der Waals surface area (Å²) in [5.41, 5.74) is 5.81. The molecular weight excluding hydrogens is 206 g/mol. The molecule has 2 rings (SSSR count). The predicted molar refractivity (Wildman–Crippen MR) is 58.8 cm³/mol. The molecule has 0 spiro atoms. The van der Waals surface area contributed by atoms with Crippen LogP contribution in [0.2, 0.25) is 0 Å². The fourth-order valence-corrected chi connectivity index (χ4v) is 2.16. The van der Waals surface area contributed by atoms with Crippen LogP contribution in [0.15, 0.2) is 11.6 Å². The summed E-state index contributed by atoms with van der Waals surface area (Å²) < 4.78 is 0. The van der Waals surface area contributed by atoms with Gasteiger partial charge < -0.3 is 10.6 Å². The first-order valence-electron chi connectivity index (χ1n) is 4.26. The summed E-state index contributed by atoms with van der Waals surface area (Å²) in [5, 5.41) is 3.16. The summed E-state index contributed by atoms with van der Waals surface area (Å²) in [6.45, 7) is 2.13. The third-order valence-corrected chi connectivity index (χ3v) is 3.06. The quantitative estimate of drug-likeness (QED) is 0.779. The summed E-state index contributed by atoms with van der Waals surface area (Å²) >= 11 is 1.70. The fourth-order valence-electron chi connectivity index (χ4n) is 1.46. The molecule has 2 heterocycles. The molecule has 2 N–H and O–H groups in total. The van der Waals surface area contributed by atoms with Crippen molar-refractivity contribution in [2.45, 2.75) is 18.9 Å². The maximum Gasteiger partial charge on any atom is 0.185 e. The van der Waals surface area contributed by atoms with Gasteiger partial charge in [-0.2, -0.15) is 0 Å². The van der Waals surface area contributed by atoms with Crippen molar-refractivity contribution in [2.24, 2.45) is 5.73 Å². The average Bonchev–Trinajstić information content (AvgIpc) is 2.58. The van der Waals surface area contributed by atoms with Crippen LogP contribution < -0.4 is 10.6 Å². The molecule has 0 aliphatic carbocycles. The van der Waals surface area contributed by atoms with Gasteiger partial charge in [0, 0.05) is 30.7 Å². The van der Waals surface area contributed by atoms with E-state index >= 15 is 0 Å². The lowest BCUT2D eigenvalue weighted by molar-refractivity contribution is 0.501. The fraction of sp³-hybridized carbons (Fsp3) is 0.625. The molecule has 1 aromatic heterocycles. The van der Waals surface area contributed by atoms with Crippen molar-refractivity contribution < 1.29 is 0 Å². The number of rotatable bonds is 1. The van der Waals surface area contributed by atoms with Crippen LogP contribution in [-0.4, -0.2) is 24.1 Å². The van der Waals surface area contributed by atoms with Gasteiger partial charge in [0.15, 0.2) is 5.13 Å². The smallest absolute Gasteiger partial charge is 0.185 e. The van der Waals surface area contributed by atoms with E-state index in [0.29, 0.717) is 6.04 Å². The third kappa shape index (κ3) is 2.56. The second-order valence-corrected chi connectivity index (χ2v) is 4.01. The van der Waals surface area contributed by atoms with E-state index in [-0.39, 0.29) is 12.4 Å². The van der Waals surface area contributed by atoms with E-state index in [2.05, 4.69) is 9.88 Å². The number of nitrogens with zero attached hydrogens (tertiary/aromatic N) is 2. The molecule has 0 unspecified atom stereocenters. The number of piperidine rings is 1. The lowest BCUT2D eigenvalue weighted by Crippen LogP contribution is -2.39. The van der Waals surface area contributed by atoms with Crippen molar-refractivity contribution in [1.29, 1.82) is 0 Å². The molecule has 1 aromatic rings. The van der Waals surface area contributed by atoms with Crippen molar-refractivity contribution in [2.75, 3.05) is 18.0 Å². The highest BCUT2D eigenvalue weighted by Gasteiger charge is 2.17. The zero-order chi connectivity index (χ0) is 8.39. The number of aromatic nitrogens is 1. The Labute approximate surface area is 88.4 Å². The van der Waals surface area contributed by atoms with Crippen LogP contribution in [0.25, 0.3) is 0 Å². The lowest BCUT2D eigenvalue weighted by atomic mass is 10.1. The second-order valence-electron chi connectivity index (χ2n) is 3.14. The normalized spacial score (nSPS) is 18.4. The molecule has 0 atom stereocenters. The SMILES string of the molecule is Cl.NC1CCN(c2nccs2)CC1. The zero-order valence-electron chi connectivity index (χ0n) is 7.35. The molecule has 0 aromatic carbocycles. The number of nitrogens with two attached hydrogens (primary N) is 1. The van der Waals surface area contributed by atoms with Crippen LogP contribution in [0.5, 0.6) is 0 Å². The van der Waals surface area contributed by atoms with Gasteiger partial charge in [0.2, 0.25) is 0 Å². The first-order valence-corrected chi connectivity index (χ1v) is 5.14. The Hall–Kier alpha value is -0.320. The van der Waals surface area contributed by atoms with Crippen molar-refractivity contribution in [1.82, 2.24) is 4.98 Å². The predicted octanol–water partition coefficient (Wildman–Crippen LogP) is 1.49. The highest BCUT2D eigenvalue weighted by atomic mass is 35.5. The van der Waals surface area contributed by atoms with Crippen molar-refractivity contribution in [3.8, 4) is 0 Å². The molecular formula is C8H14ClN3S. The van der Waals surface area contributed by atoms with Crippen LogP contribution in [0.4, 0.5) is 5.13 Å². The zero-order valence-corrected chi connectivity index (χ0v) is 8.98. The molecule has 0 radical (unpaired) electrons. The molecule has 1 aliphatic rings. The van der Waals surface area contributed by atoms with Crippen molar-refractivity contribution >= 4 is 28.9 Å². The van der Waals surface area contributed by atoms with Gasteiger partial charge in [0.25, 0.3) is 0 Å². The number of anilines is 1. The standard InChI is InChI=1S/C8H13N3S.ClH/c9-7-1-4-11(5-2-7)8-10-3-6-12-8;/h3,6-7H,1-2,4-5,9H2;1H. The van der Waals surface area contributed by atoms with Gasteiger partial charge in [-0.25, -0.2) is 4.98 Å². The van der Waals surface area contributed by atoms with Gasteiger partial charge >= 0.3 is 0 Å². The van der Waals surface area contributed by atoms with Gasteiger partial charge in [0.05, 0.1) is 0 Å². The number of hydrogen-bond donors (Lipinski definition) is 1. The molecule has 0 amide bonds. The second kappa shape index (κ2) is 4.79. The van der Waals surface area contributed by atoms with E-state index in [4.69, 9.17) is 5.73 Å². The highest BCUT2D eigenvalue weighted by Crippen LogP contribution is 2.20.